The van der Waals surface area contributed by atoms with Crippen molar-refractivity contribution >= 4 is 16.8 Å². The number of piperidine rings is 1. The van der Waals surface area contributed by atoms with Gasteiger partial charge in [0.2, 0.25) is 5.91 Å². The van der Waals surface area contributed by atoms with Crippen LogP contribution in [0.15, 0.2) is 36.4 Å². The number of aromatic amines is 1. The van der Waals surface area contributed by atoms with Gasteiger partial charge >= 0.3 is 0 Å². The molecule has 2 heterocycles. The fourth-order valence-electron chi connectivity index (χ4n) is 4.66. The standard InChI is InChI=1S/C18H14F3N.C8H16N2O/c19-12-6-4-11(5-7-12)17-16(10-2-1-3-10)14-8-13(20)9-15(21)18(14)22-17;9-8(11)4-7-10-5-2-1-3-6-10/h4-10,22H,1-3H2;1-7H2,(H2,9,11). The van der Waals surface area contributed by atoms with Crippen molar-refractivity contribution in [1.29, 1.82) is 0 Å². The average molecular weight is 458 g/mol. The van der Waals surface area contributed by atoms with Crippen molar-refractivity contribution in [2.24, 2.45) is 5.73 Å². The van der Waals surface area contributed by atoms with Crippen molar-refractivity contribution in [3.8, 4) is 11.3 Å². The molecule has 7 heteroatoms. The van der Waals surface area contributed by atoms with E-state index in [0.29, 0.717) is 23.2 Å². The molecule has 176 valence electrons. The number of hydrogen-bond donors (Lipinski definition) is 2. The number of carbonyl (C=O) groups excluding carboxylic acids is 1. The number of nitrogens with one attached hydrogen (secondary N) is 1. The summed E-state index contributed by atoms with van der Waals surface area (Å²) < 4.78 is 40.8. The third kappa shape index (κ3) is 5.58. The van der Waals surface area contributed by atoms with E-state index in [0.717, 1.165) is 61.8 Å². The van der Waals surface area contributed by atoms with Crippen LogP contribution in [0.25, 0.3) is 22.2 Å². The van der Waals surface area contributed by atoms with E-state index in [1.54, 1.807) is 12.1 Å². The molecule has 2 aromatic carbocycles. The van der Waals surface area contributed by atoms with Crippen LogP contribution < -0.4 is 5.73 Å². The van der Waals surface area contributed by atoms with Crippen molar-refractivity contribution in [3.63, 3.8) is 0 Å². The second-order valence-corrected chi connectivity index (χ2v) is 8.98. The summed E-state index contributed by atoms with van der Waals surface area (Å²) in [7, 11) is 0. The first-order chi connectivity index (χ1) is 15.9. The molecule has 1 aliphatic carbocycles. The zero-order valence-corrected chi connectivity index (χ0v) is 18.7. The highest BCUT2D eigenvalue weighted by Gasteiger charge is 2.27. The summed E-state index contributed by atoms with van der Waals surface area (Å²) in [5, 5.41) is 0.599. The maximum absolute atomic E-state index is 14.1. The Morgan fingerprint density at radius 3 is 2.27 bits per heavy atom. The lowest BCUT2D eigenvalue weighted by molar-refractivity contribution is -0.118. The van der Waals surface area contributed by atoms with Gasteiger partial charge in [0.15, 0.2) is 0 Å². The van der Waals surface area contributed by atoms with Crippen LogP contribution in [0, 0.1) is 17.5 Å². The largest absolute Gasteiger partial charge is 0.370 e. The molecule has 3 aromatic rings. The lowest BCUT2D eigenvalue weighted by Crippen LogP contribution is -2.32. The molecule has 1 aromatic heterocycles. The number of nitrogens with zero attached hydrogens (tertiary/aromatic N) is 1. The number of carbonyl (C=O) groups is 1. The zero-order valence-electron chi connectivity index (χ0n) is 18.7. The minimum Gasteiger partial charge on any atom is -0.370 e. The Balaban J connectivity index is 0.000000200. The van der Waals surface area contributed by atoms with E-state index in [-0.39, 0.29) is 11.7 Å². The molecule has 0 unspecified atom stereocenters. The minimum atomic E-state index is -0.594. The van der Waals surface area contributed by atoms with Gasteiger partial charge in [-0.25, -0.2) is 13.2 Å². The van der Waals surface area contributed by atoms with Crippen molar-refractivity contribution in [3.05, 3.63) is 59.4 Å². The zero-order chi connectivity index (χ0) is 23.4. The van der Waals surface area contributed by atoms with Crippen LogP contribution in [0.1, 0.15) is 56.4 Å². The van der Waals surface area contributed by atoms with Gasteiger partial charge in [-0.05, 0) is 86.1 Å². The predicted molar refractivity (Wildman–Crippen MR) is 124 cm³/mol. The molecule has 2 aliphatic rings. The average Bonchev–Trinajstić information content (AvgIpc) is 3.12. The Morgan fingerprint density at radius 1 is 0.970 bits per heavy atom. The normalized spacial score (nSPS) is 16.8. The third-order valence-corrected chi connectivity index (χ3v) is 6.63. The number of fused-ring (bicyclic) bond motifs is 1. The van der Waals surface area contributed by atoms with Gasteiger partial charge in [0.25, 0.3) is 0 Å². The highest BCUT2D eigenvalue weighted by molar-refractivity contribution is 5.92. The van der Waals surface area contributed by atoms with Crippen LogP contribution in [0.3, 0.4) is 0 Å². The molecule has 1 saturated carbocycles. The summed E-state index contributed by atoms with van der Waals surface area (Å²) in [5.41, 5.74) is 7.87. The predicted octanol–water partition coefficient (Wildman–Crippen LogP) is 5.87. The fraction of sp³-hybridized carbons (Fsp3) is 0.423. The quantitative estimate of drug-likeness (QED) is 0.504. The summed E-state index contributed by atoms with van der Waals surface area (Å²) in [6.07, 6.45) is 7.56. The highest BCUT2D eigenvalue weighted by Crippen LogP contribution is 2.45. The number of benzene rings is 2. The van der Waals surface area contributed by atoms with E-state index in [4.69, 9.17) is 5.73 Å². The van der Waals surface area contributed by atoms with Crippen LogP contribution in [-0.2, 0) is 4.79 Å². The summed E-state index contributed by atoms with van der Waals surface area (Å²) in [5.74, 6) is -1.37. The molecule has 2 fully saturated rings. The number of aromatic nitrogens is 1. The second-order valence-electron chi connectivity index (χ2n) is 8.98. The van der Waals surface area contributed by atoms with E-state index in [9.17, 15) is 18.0 Å². The first kappa shape index (κ1) is 23.4. The number of halogens is 3. The summed E-state index contributed by atoms with van der Waals surface area (Å²) >= 11 is 0. The van der Waals surface area contributed by atoms with Crippen LogP contribution in [-0.4, -0.2) is 35.4 Å². The molecular formula is C26H30F3N3O. The molecule has 0 bridgehead atoms. The van der Waals surface area contributed by atoms with Gasteiger partial charge in [-0.1, -0.05) is 12.8 Å². The Bertz CT molecular complexity index is 1100. The van der Waals surface area contributed by atoms with Crippen LogP contribution in [0.4, 0.5) is 13.2 Å². The maximum atomic E-state index is 14.1. The molecule has 1 aliphatic heterocycles. The molecule has 33 heavy (non-hydrogen) atoms. The molecule has 0 atom stereocenters. The van der Waals surface area contributed by atoms with Gasteiger partial charge in [0.1, 0.15) is 17.5 Å². The molecule has 4 nitrogen and oxygen atoms in total. The van der Waals surface area contributed by atoms with Gasteiger partial charge in [-0.3, -0.25) is 4.79 Å². The van der Waals surface area contributed by atoms with Crippen molar-refractivity contribution in [2.75, 3.05) is 19.6 Å². The lowest BCUT2D eigenvalue weighted by atomic mass is 9.78. The third-order valence-electron chi connectivity index (χ3n) is 6.63. The monoisotopic (exact) mass is 457 g/mol. The van der Waals surface area contributed by atoms with E-state index < -0.39 is 11.6 Å². The van der Waals surface area contributed by atoms with Crippen LogP contribution in [0.2, 0.25) is 0 Å². The SMILES string of the molecule is Fc1ccc(-c2[nH]c3c(F)cc(F)cc3c2C2CCC2)cc1.NC(=O)CCN1CCCCC1. The van der Waals surface area contributed by atoms with Gasteiger partial charge in [0.05, 0.1) is 11.2 Å². The van der Waals surface area contributed by atoms with E-state index in [2.05, 4.69) is 9.88 Å². The molecule has 5 rings (SSSR count). The van der Waals surface area contributed by atoms with Gasteiger partial charge in [0, 0.05) is 24.4 Å². The fourth-order valence-corrected chi connectivity index (χ4v) is 4.66. The van der Waals surface area contributed by atoms with Crippen LogP contribution >= 0.6 is 0 Å². The second kappa shape index (κ2) is 10.4. The number of hydrogen-bond acceptors (Lipinski definition) is 2. The number of H-pyrrole nitrogens is 1. The number of rotatable bonds is 5. The smallest absolute Gasteiger partial charge is 0.218 e. The van der Waals surface area contributed by atoms with Gasteiger partial charge in [-0.2, -0.15) is 0 Å². The first-order valence-electron chi connectivity index (χ1n) is 11.7. The summed E-state index contributed by atoms with van der Waals surface area (Å²) in [6, 6.07) is 8.35. The van der Waals surface area contributed by atoms with E-state index in [1.807, 2.05) is 0 Å². The Labute approximate surface area is 192 Å². The van der Waals surface area contributed by atoms with Crippen molar-refractivity contribution in [2.45, 2.75) is 50.9 Å². The lowest BCUT2D eigenvalue weighted by Gasteiger charge is -2.26. The Kier molecular flexibility index (Phi) is 7.38. The molecule has 0 radical (unpaired) electrons. The highest BCUT2D eigenvalue weighted by atomic mass is 19.1. The molecule has 0 spiro atoms. The first-order valence-corrected chi connectivity index (χ1v) is 11.7. The summed E-state index contributed by atoms with van der Waals surface area (Å²) in [4.78, 5) is 15.8. The topological polar surface area (TPSA) is 62.1 Å². The number of nitrogens with two attached hydrogens (primary N) is 1. The van der Waals surface area contributed by atoms with Gasteiger partial charge < -0.3 is 15.6 Å². The maximum Gasteiger partial charge on any atom is 0.218 e. The van der Waals surface area contributed by atoms with Crippen molar-refractivity contribution < 1.29 is 18.0 Å². The minimum absolute atomic E-state index is 0.185. The van der Waals surface area contributed by atoms with Crippen molar-refractivity contribution in [1.82, 2.24) is 9.88 Å². The van der Waals surface area contributed by atoms with Crippen LogP contribution in [0.5, 0.6) is 0 Å². The van der Waals surface area contributed by atoms with E-state index >= 15 is 0 Å². The van der Waals surface area contributed by atoms with Gasteiger partial charge in [-0.15, -0.1) is 0 Å². The summed E-state index contributed by atoms with van der Waals surface area (Å²) in [6.45, 7) is 3.15. The molecule has 1 saturated heterocycles. The molecular weight excluding hydrogens is 427 g/mol. The molecule has 3 N–H and O–H groups in total. The number of likely N-dealkylation sites (tertiary alicyclic amines) is 1. The van der Waals surface area contributed by atoms with E-state index in [1.165, 1.54) is 37.5 Å². The number of primary amides is 1. The Hall–Kier alpha value is -2.80. The number of amides is 1. The Morgan fingerprint density at radius 2 is 1.67 bits per heavy atom. The molecule has 1 amide bonds.